The highest BCUT2D eigenvalue weighted by molar-refractivity contribution is 6.06. The minimum atomic E-state index is -0.778. The monoisotopic (exact) mass is 154 g/mol. The fraction of sp³-hybridized carbons (Fsp3) is 0.750. The maximum Gasteiger partial charge on any atom is 0.319 e. The maximum atomic E-state index is 11.3. The van der Waals surface area contributed by atoms with Gasteiger partial charge >= 0.3 is 5.97 Å². The van der Waals surface area contributed by atoms with Gasteiger partial charge in [0.15, 0.2) is 0 Å². The minimum Gasteiger partial charge on any atom is -0.465 e. The second kappa shape index (κ2) is 1.84. The molecule has 1 aliphatic heterocycles. The van der Waals surface area contributed by atoms with Crippen LogP contribution in [0.25, 0.3) is 0 Å². The van der Waals surface area contributed by atoms with Crippen LogP contribution in [0.5, 0.6) is 0 Å². The van der Waals surface area contributed by atoms with E-state index in [1.165, 1.54) is 0 Å². The second-order valence-corrected chi connectivity index (χ2v) is 3.46. The van der Waals surface area contributed by atoms with Gasteiger partial charge < -0.3 is 4.74 Å². The van der Waals surface area contributed by atoms with Crippen LogP contribution >= 0.6 is 0 Å². The van der Waals surface area contributed by atoms with Crippen LogP contribution in [0.2, 0.25) is 0 Å². The second-order valence-electron chi connectivity index (χ2n) is 3.46. The fourth-order valence-electron chi connectivity index (χ4n) is 1.94. The van der Waals surface area contributed by atoms with Crippen LogP contribution in [0.4, 0.5) is 0 Å². The highest BCUT2D eigenvalue weighted by atomic mass is 16.5. The van der Waals surface area contributed by atoms with Crippen molar-refractivity contribution in [1.29, 1.82) is 0 Å². The summed E-state index contributed by atoms with van der Waals surface area (Å²) < 4.78 is 4.83. The predicted octanol–water partition coefficient (Wildman–Crippen LogP) is 0.529. The zero-order valence-corrected chi connectivity index (χ0v) is 6.42. The first-order chi connectivity index (χ1) is 5.15. The van der Waals surface area contributed by atoms with Crippen molar-refractivity contribution in [3.8, 4) is 0 Å². The molecule has 2 atom stereocenters. The highest BCUT2D eigenvalue weighted by Gasteiger charge is 2.57. The topological polar surface area (TPSA) is 43.4 Å². The fourth-order valence-corrected chi connectivity index (χ4v) is 1.94. The Morgan fingerprint density at radius 2 is 2.27 bits per heavy atom. The van der Waals surface area contributed by atoms with Crippen LogP contribution in [-0.4, -0.2) is 18.4 Å². The third-order valence-corrected chi connectivity index (χ3v) is 2.96. The van der Waals surface area contributed by atoms with Gasteiger partial charge in [-0.15, -0.1) is 0 Å². The van der Waals surface area contributed by atoms with E-state index in [2.05, 4.69) is 0 Å². The van der Waals surface area contributed by atoms with Crippen LogP contribution in [-0.2, 0) is 14.3 Å². The van der Waals surface area contributed by atoms with Gasteiger partial charge in [-0.05, 0) is 13.3 Å². The van der Waals surface area contributed by atoms with Crippen LogP contribution in [0.1, 0.15) is 19.8 Å². The molecule has 1 saturated heterocycles. The number of Topliss-reactive ketones (excluding diaryl/α,β-unsaturated/α-hetero) is 1. The molecular formula is C8H10O3. The van der Waals surface area contributed by atoms with Gasteiger partial charge in [-0.3, -0.25) is 9.59 Å². The third-order valence-electron chi connectivity index (χ3n) is 2.96. The Hall–Kier alpha value is -0.860. The number of ketones is 1. The summed E-state index contributed by atoms with van der Waals surface area (Å²) in [6.45, 7) is 2.16. The molecule has 0 aromatic heterocycles. The lowest BCUT2D eigenvalue weighted by Gasteiger charge is -2.14. The summed E-state index contributed by atoms with van der Waals surface area (Å²) in [7, 11) is 0. The van der Waals surface area contributed by atoms with E-state index >= 15 is 0 Å². The quantitative estimate of drug-likeness (QED) is 0.377. The molecule has 2 fully saturated rings. The molecule has 2 unspecified atom stereocenters. The molecular weight excluding hydrogens is 144 g/mol. The number of ether oxygens (including phenoxy) is 1. The van der Waals surface area contributed by atoms with Crippen LogP contribution in [0.15, 0.2) is 0 Å². The lowest BCUT2D eigenvalue weighted by atomic mass is 9.82. The number of fused-ring (bicyclic) bond motifs is 1. The van der Waals surface area contributed by atoms with Gasteiger partial charge in [0.05, 0.1) is 6.61 Å². The number of carbonyl (C=O) groups is 2. The Morgan fingerprint density at radius 3 is 2.91 bits per heavy atom. The first-order valence-electron chi connectivity index (χ1n) is 3.86. The molecule has 3 nitrogen and oxygen atoms in total. The average Bonchev–Trinajstić information content (AvgIpc) is 2.40. The number of carbonyl (C=O) groups excluding carboxylic acids is 2. The Kier molecular flexibility index (Phi) is 1.14. The molecule has 1 aliphatic carbocycles. The predicted molar refractivity (Wildman–Crippen MR) is 36.8 cm³/mol. The van der Waals surface area contributed by atoms with Crippen molar-refractivity contribution < 1.29 is 14.3 Å². The lowest BCUT2D eigenvalue weighted by Crippen LogP contribution is -2.32. The molecule has 0 radical (unpaired) electrons. The molecule has 2 rings (SSSR count). The molecule has 0 aromatic carbocycles. The molecule has 60 valence electrons. The van der Waals surface area contributed by atoms with Crippen molar-refractivity contribution in [3.05, 3.63) is 0 Å². The van der Waals surface area contributed by atoms with E-state index in [9.17, 15) is 9.59 Å². The number of hydrogen-bond acceptors (Lipinski definition) is 3. The largest absolute Gasteiger partial charge is 0.465 e. The standard InChI is InChI=1S/C8H10O3/c1-8-5(2-3-6(8)9)4-11-7(8)10/h5H,2-4H2,1H3. The number of esters is 1. The Balaban J connectivity index is 2.42. The Morgan fingerprint density at radius 1 is 1.55 bits per heavy atom. The summed E-state index contributed by atoms with van der Waals surface area (Å²) in [5.74, 6) is -0.0995. The van der Waals surface area contributed by atoms with E-state index in [4.69, 9.17) is 4.74 Å². The molecule has 0 N–H and O–H groups in total. The Labute approximate surface area is 64.7 Å². The first-order valence-corrected chi connectivity index (χ1v) is 3.86. The van der Waals surface area contributed by atoms with Crippen LogP contribution in [0, 0.1) is 11.3 Å². The van der Waals surface area contributed by atoms with Gasteiger partial charge in [-0.1, -0.05) is 0 Å². The van der Waals surface area contributed by atoms with E-state index in [-0.39, 0.29) is 17.7 Å². The third kappa shape index (κ3) is 0.633. The zero-order chi connectivity index (χ0) is 8.06. The molecule has 0 aromatic rings. The van der Waals surface area contributed by atoms with Crippen molar-refractivity contribution >= 4 is 11.8 Å². The Bertz CT molecular complexity index is 211. The number of rotatable bonds is 0. The van der Waals surface area contributed by atoms with Crippen molar-refractivity contribution in [2.75, 3.05) is 6.61 Å². The summed E-state index contributed by atoms with van der Waals surface area (Å²) in [6, 6.07) is 0. The molecule has 1 saturated carbocycles. The molecule has 2 aliphatic rings. The van der Waals surface area contributed by atoms with E-state index in [0.717, 1.165) is 6.42 Å². The minimum absolute atomic E-state index is 0.0602. The van der Waals surface area contributed by atoms with Gasteiger partial charge in [0, 0.05) is 12.3 Å². The van der Waals surface area contributed by atoms with Gasteiger partial charge in [0.2, 0.25) is 0 Å². The normalized spacial score (nSPS) is 42.5. The van der Waals surface area contributed by atoms with E-state index in [1.807, 2.05) is 0 Å². The molecule has 0 amide bonds. The smallest absolute Gasteiger partial charge is 0.319 e. The van der Waals surface area contributed by atoms with Crippen molar-refractivity contribution in [2.45, 2.75) is 19.8 Å². The van der Waals surface area contributed by atoms with Crippen LogP contribution < -0.4 is 0 Å². The maximum absolute atomic E-state index is 11.3. The average molecular weight is 154 g/mol. The first kappa shape index (κ1) is 6.83. The number of hydrogen-bond donors (Lipinski definition) is 0. The molecule has 3 heteroatoms. The highest BCUT2D eigenvalue weighted by Crippen LogP contribution is 2.45. The van der Waals surface area contributed by atoms with Crippen molar-refractivity contribution in [1.82, 2.24) is 0 Å². The summed E-state index contributed by atoms with van der Waals surface area (Å²) in [6.07, 6.45) is 1.37. The lowest BCUT2D eigenvalue weighted by molar-refractivity contribution is -0.149. The van der Waals surface area contributed by atoms with Gasteiger partial charge in [-0.2, -0.15) is 0 Å². The van der Waals surface area contributed by atoms with E-state index in [0.29, 0.717) is 13.0 Å². The van der Waals surface area contributed by atoms with Gasteiger partial charge in [0.1, 0.15) is 11.2 Å². The number of cyclic esters (lactones) is 1. The van der Waals surface area contributed by atoms with Gasteiger partial charge in [0.25, 0.3) is 0 Å². The molecule has 1 heterocycles. The zero-order valence-electron chi connectivity index (χ0n) is 6.42. The summed E-state index contributed by atoms with van der Waals surface area (Å²) in [5, 5.41) is 0. The van der Waals surface area contributed by atoms with Crippen molar-refractivity contribution in [2.24, 2.45) is 11.3 Å². The van der Waals surface area contributed by atoms with Crippen LogP contribution in [0.3, 0.4) is 0 Å². The van der Waals surface area contributed by atoms with Gasteiger partial charge in [-0.25, -0.2) is 0 Å². The molecule has 11 heavy (non-hydrogen) atoms. The molecule has 0 spiro atoms. The van der Waals surface area contributed by atoms with E-state index in [1.54, 1.807) is 6.92 Å². The summed E-state index contributed by atoms with van der Waals surface area (Å²) in [5.41, 5.74) is -0.778. The summed E-state index contributed by atoms with van der Waals surface area (Å²) >= 11 is 0. The molecule has 0 bridgehead atoms. The summed E-state index contributed by atoms with van der Waals surface area (Å²) in [4.78, 5) is 22.4. The van der Waals surface area contributed by atoms with Crippen molar-refractivity contribution in [3.63, 3.8) is 0 Å². The SMILES string of the molecule is CC12C(=O)CCC1COC2=O. The van der Waals surface area contributed by atoms with E-state index < -0.39 is 5.41 Å².